The maximum atomic E-state index is 15.2. The van der Waals surface area contributed by atoms with E-state index in [4.69, 9.17) is 9.05 Å². The molecule has 0 bridgehead atoms. The Bertz CT molecular complexity index is 2110. The lowest BCUT2D eigenvalue weighted by Gasteiger charge is -2.33. The predicted molar refractivity (Wildman–Crippen MR) is 279 cm³/mol. The Labute approximate surface area is 394 Å². The standard InChI is InChI=1S/C60H91O3P/c1-53(2,3)41-27-25-39(47(35-41)57(13,14)15)33-51(45-31-29-43(55(7,8)9)37-49(45)59(19,20)21)62-64(61)63-52(46-32-30-44(56(10,11)12)38-50(46)60(22,23)24)34-40-26-28-42(54(4,5)6)36-48(40)58(16,17)18/h25-32,35-38,51-52,64H,33-34H2,1-24H3. The van der Waals surface area contributed by atoms with Gasteiger partial charge in [-0.05, 0) is 110 Å². The molecule has 0 radical (unpaired) electrons. The van der Waals surface area contributed by atoms with E-state index in [-0.39, 0.29) is 43.3 Å². The highest BCUT2D eigenvalue weighted by atomic mass is 31.1. The summed E-state index contributed by atoms with van der Waals surface area (Å²) >= 11 is 0. The molecule has 4 heteroatoms. The Kier molecular flexibility index (Phi) is 15.6. The summed E-state index contributed by atoms with van der Waals surface area (Å²) < 4.78 is 29.3. The number of hydrogen-bond acceptors (Lipinski definition) is 3. The van der Waals surface area contributed by atoms with Gasteiger partial charge in [-0.2, -0.15) is 0 Å². The quantitative estimate of drug-likeness (QED) is 0.149. The second kappa shape index (κ2) is 18.6. The zero-order chi connectivity index (χ0) is 49.0. The number of rotatable bonds is 10. The molecule has 64 heavy (non-hydrogen) atoms. The van der Waals surface area contributed by atoms with Gasteiger partial charge in [0.2, 0.25) is 0 Å². The van der Waals surface area contributed by atoms with Gasteiger partial charge in [-0.25, -0.2) is 0 Å². The van der Waals surface area contributed by atoms with Crippen LogP contribution in [0.1, 0.15) is 245 Å². The summed E-state index contributed by atoms with van der Waals surface area (Å²) in [6.45, 7) is 54.7. The van der Waals surface area contributed by atoms with Gasteiger partial charge in [0.25, 0.3) is 0 Å². The summed E-state index contributed by atoms with van der Waals surface area (Å²) in [5.41, 5.74) is 14.0. The summed E-state index contributed by atoms with van der Waals surface area (Å²) in [6, 6.07) is 27.6. The third kappa shape index (κ3) is 13.6. The van der Waals surface area contributed by atoms with Crippen LogP contribution in [0.5, 0.6) is 0 Å². The maximum absolute atomic E-state index is 15.2. The Morgan fingerprint density at radius 1 is 0.344 bits per heavy atom. The fourth-order valence-electron chi connectivity index (χ4n) is 8.83. The van der Waals surface area contributed by atoms with E-state index in [9.17, 15) is 0 Å². The maximum Gasteiger partial charge on any atom is 0.320 e. The molecule has 4 rings (SSSR count). The molecule has 4 aromatic rings. The minimum Gasteiger partial charge on any atom is -0.302 e. The minimum atomic E-state index is -3.13. The van der Waals surface area contributed by atoms with Crippen molar-refractivity contribution >= 4 is 8.25 Å². The first-order chi connectivity index (χ1) is 28.7. The Balaban J connectivity index is 1.99. The van der Waals surface area contributed by atoms with Crippen LogP contribution in [0.15, 0.2) is 72.8 Å². The van der Waals surface area contributed by atoms with E-state index in [2.05, 4.69) is 239 Å². The minimum absolute atomic E-state index is 0.00156. The molecule has 2 atom stereocenters. The first kappa shape index (κ1) is 53.6. The highest BCUT2D eigenvalue weighted by Gasteiger charge is 2.34. The first-order valence-electron chi connectivity index (χ1n) is 24.1. The zero-order valence-electron chi connectivity index (χ0n) is 45.2. The van der Waals surface area contributed by atoms with Gasteiger partial charge in [-0.1, -0.05) is 239 Å². The van der Waals surface area contributed by atoms with Crippen LogP contribution in [0.2, 0.25) is 0 Å². The van der Waals surface area contributed by atoms with Gasteiger partial charge < -0.3 is 9.05 Å². The molecule has 0 aromatic heterocycles. The predicted octanol–water partition coefficient (Wildman–Crippen LogP) is 17.8. The van der Waals surface area contributed by atoms with Crippen LogP contribution < -0.4 is 0 Å². The van der Waals surface area contributed by atoms with Crippen LogP contribution in [0.4, 0.5) is 0 Å². The molecule has 0 N–H and O–H groups in total. The lowest BCUT2D eigenvalue weighted by Crippen LogP contribution is -2.23. The molecule has 0 fully saturated rings. The van der Waals surface area contributed by atoms with Crippen molar-refractivity contribution in [2.45, 2.75) is 235 Å². The van der Waals surface area contributed by atoms with Crippen molar-refractivity contribution in [3.63, 3.8) is 0 Å². The average Bonchev–Trinajstić information content (AvgIpc) is 3.10. The molecule has 0 aliphatic carbocycles. The lowest BCUT2D eigenvalue weighted by atomic mass is 9.75. The highest BCUT2D eigenvalue weighted by molar-refractivity contribution is 7.33. The van der Waals surface area contributed by atoms with Crippen molar-refractivity contribution in [3.8, 4) is 0 Å². The van der Waals surface area contributed by atoms with Gasteiger partial charge in [-0.3, -0.25) is 4.57 Å². The van der Waals surface area contributed by atoms with E-state index >= 15 is 4.57 Å². The smallest absolute Gasteiger partial charge is 0.302 e. The van der Waals surface area contributed by atoms with Crippen molar-refractivity contribution in [1.29, 1.82) is 0 Å². The van der Waals surface area contributed by atoms with E-state index in [1.165, 1.54) is 55.6 Å². The Morgan fingerprint density at radius 3 is 0.812 bits per heavy atom. The molecule has 0 saturated heterocycles. The normalized spacial score (nSPS) is 15.3. The summed E-state index contributed by atoms with van der Waals surface area (Å²) in [6.07, 6.45) is 0.0990. The summed E-state index contributed by atoms with van der Waals surface area (Å²) in [4.78, 5) is 0. The molecule has 0 aliphatic heterocycles. The van der Waals surface area contributed by atoms with Crippen LogP contribution in [0.3, 0.4) is 0 Å². The van der Waals surface area contributed by atoms with Crippen LogP contribution in [-0.2, 0) is 69.8 Å². The van der Waals surface area contributed by atoms with Gasteiger partial charge in [0.1, 0.15) is 0 Å². The summed E-state index contributed by atoms with van der Waals surface area (Å²) in [7, 11) is -3.13. The summed E-state index contributed by atoms with van der Waals surface area (Å²) in [5, 5.41) is 0. The van der Waals surface area contributed by atoms with E-state index in [1.807, 2.05) is 0 Å². The molecule has 2 unspecified atom stereocenters. The summed E-state index contributed by atoms with van der Waals surface area (Å²) in [5.74, 6) is 0. The SMILES string of the molecule is CC(C)(C)c1ccc(CC(O[PH](=O)OC(Cc2ccc(C(C)(C)C)cc2C(C)(C)C)c2ccc(C(C)(C)C)cc2C(C)(C)C)c2ccc(C(C)(C)C)cc2C(C)(C)C)c(C(C)(C)C)c1. The lowest BCUT2D eigenvalue weighted by molar-refractivity contribution is 0.127. The van der Waals surface area contributed by atoms with Crippen molar-refractivity contribution in [2.75, 3.05) is 0 Å². The molecular weight excluding hydrogens is 800 g/mol. The second-order valence-corrected chi connectivity index (χ2v) is 28.2. The fourth-order valence-corrected chi connectivity index (χ4v) is 9.77. The van der Waals surface area contributed by atoms with E-state index in [0.717, 1.165) is 11.1 Å². The number of hydrogen-bond donors (Lipinski definition) is 0. The van der Waals surface area contributed by atoms with Crippen LogP contribution >= 0.6 is 8.25 Å². The molecule has 0 spiro atoms. The Hall–Kier alpha value is -2.97. The Morgan fingerprint density at radius 2 is 0.578 bits per heavy atom. The molecule has 3 nitrogen and oxygen atoms in total. The van der Waals surface area contributed by atoms with Gasteiger partial charge in [-0.15, -0.1) is 0 Å². The van der Waals surface area contributed by atoms with Crippen molar-refractivity contribution in [2.24, 2.45) is 0 Å². The average molecular weight is 891 g/mol. The molecule has 0 saturated carbocycles. The van der Waals surface area contributed by atoms with Gasteiger partial charge in [0, 0.05) is 12.8 Å². The monoisotopic (exact) mass is 891 g/mol. The van der Waals surface area contributed by atoms with Crippen LogP contribution in [0.25, 0.3) is 0 Å². The van der Waals surface area contributed by atoms with Crippen LogP contribution in [-0.4, -0.2) is 0 Å². The van der Waals surface area contributed by atoms with Gasteiger partial charge in [0.15, 0.2) is 0 Å². The van der Waals surface area contributed by atoms with E-state index < -0.39 is 20.5 Å². The highest BCUT2D eigenvalue weighted by Crippen LogP contribution is 2.47. The molecule has 0 heterocycles. The molecule has 4 aromatic carbocycles. The van der Waals surface area contributed by atoms with E-state index in [0.29, 0.717) is 12.8 Å². The molecule has 0 aliphatic rings. The first-order valence-corrected chi connectivity index (χ1v) is 25.4. The third-order valence-electron chi connectivity index (χ3n) is 13.0. The van der Waals surface area contributed by atoms with E-state index in [1.54, 1.807) is 0 Å². The molecule has 0 amide bonds. The fraction of sp³-hybridized carbons (Fsp3) is 0.600. The topological polar surface area (TPSA) is 35.5 Å². The largest absolute Gasteiger partial charge is 0.320 e. The van der Waals surface area contributed by atoms with Crippen molar-refractivity contribution < 1.29 is 13.6 Å². The van der Waals surface area contributed by atoms with Crippen molar-refractivity contribution in [3.05, 3.63) is 140 Å². The number of benzene rings is 4. The second-order valence-electron chi connectivity index (χ2n) is 27.2. The molecular formula is C60H91O3P. The van der Waals surface area contributed by atoms with Gasteiger partial charge >= 0.3 is 8.25 Å². The third-order valence-corrected chi connectivity index (χ3v) is 14.0. The zero-order valence-corrected chi connectivity index (χ0v) is 46.2. The van der Waals surface area contributed by atoms with Gasteiger partial charge in [0.05, 0.1) is 12.2 Å². The van der Waals surface area contributed by atoms with Crippen LogP contribution in [0, 0.1) is 0 Å². The molecule has 354 valence electrons. The van der Waals surface area contributed by atoms with Crippen molar-refractivity contribution in [1.82, 2.24) is 0 Å².